The van der Waals surface area contributed by atoms with E-state index in [2.05, 4.69) is 18.0 Å². The van der Waals surface area contributed by atoms with Gasteiger partial charge >= 0.3 is 0 Å². The molecule has 0 saturated carbocycles. The maximum absolute atomic E-state index is 9.70. The highest BCUT2D eigenvalue weighted by Gasteiger charge is 2.15. The molecule has 162 valence electrons. The van der Waals surface area contributed by atoms with Gasteiger partial charge in [0.1, 0.15) is 17.1 Å². The van der Waals surface area contributed by atoms with Crippen molar-refractivity contribution in [2.75, 3.05) is 7.11 Å². The van der Waals surface area contributed by atoms with Gasteiger partial charge in [-0.3, -0.25) is 4.40 Å². The zero-order valence-corrected chi connectivity index (χ0v) is 19.1. The lowest BCUT2D eigenvalue weighted by molar-refractivity contribution is 0.414. The number of phenols is 1. The van der Waals surface area contributed by atoms with Crippen LogP contribution in [0, 0.1) is 0 Å². The van der Waals surface area contributed by atoms with Crippen molar-refractivity contribution in [1.82, 2.24) is 9.38 Å². The van der Waals surface area contributed by atoms with Gasteiger partial charge in [-0.1, -0.05) is 32.4 Å². The molecule has 2 heterocycles. The standard InChI is InChI=1S/C23H22ClN3O2.C2H6/c1-3-14-6-15(8-18(7-14)29-2)22-12-26-23-9-16(11-25)20(13-27(22)23)19-5-4-17(28)10-21(19)24;1-2/h4-10,12-13,28H,3,11,25H2,1-2H3;1-2H3. The number of nitrogens with two attached hydrogens (primary N) is 1. The minimum atomic E-state index is 0.126. The van der Waals surface area contributed by atoms with Crippen LogP contribution < -0.4 is 10.5 Å². The van der Waals surface area contributed by atoms with Crippen LogP contribution in [0.4, 0.5) is 0 Å². The van der Waals surface area contributed by atoms with E-state index in [1.807, 2.05) is 48.8 Å². The summed E-state index contributed by atoms with van der Waals surface area (Å²) in [5.74, 6) is 0.940. The summed E-state index contributed by atoms with van der Waals surface area (Å²) in [6.45, 7) is 6.47. The molecule has 0 aliphatic heterocycles. The third-order valence-electron chi connectivity index (χ3n) is 5.10. The summed E-state index contributed by atoms with van der Waals surface area (Å²) in [5.41, 5.74) is 12.6. The Labute approximate surface area is 188 Å². The molecule has 4 aromatic rings. The van der Waals surface area contributed by atoms with E-state index in [1.54, 1.807) is 19.2 Å². The molecule has 2 aromatic heterocycles. The molecule has 4 rings (SSSR count). The maximum Gasteiger partial charge on any atom is 0.137 e. The van der Waals surface area contributed by atoms with Crippen molar-refractivity contribution >= 4 is 17.2 Å². The SMILES string of the molecule is CC.CCc1cc(OC)cc(-c2cnc3cc(CN)c(-c4ccc(O)cc4Cl)cn23)c1. The number of ether oxygens (including phenoxy) is 1. The number of benzene rings is 2. The normalized spacial score (nSPS) is 10.6. The number of hydrogen-bond donors (Lipinski definition) is 2. The molecule has 0 spiro atoms. The molecule has 0 fully saturated rings. The Hall–Kier alpha value is -3.02. The van der Waals surface area contributed by atoms with Crippen LogP contribution in [-0.2, 0) is 13.0 Å². The van der Waals surface area contributed by atoms with Crippen LogP contribution in [0.25, 0.3) is 28.0 Å². The van der Waals surface area contributed by atoms with Crippen LogP contribution in [0.15, 0.2) is 54.9 Å². The number of aryl methyl sites for hydroxylation is 1. The van der Waals surface area contributed by atoms with Crippen molar-refractivity contribution in [3.05, 3.63) is 71.0 Å². The Bertz CT molecular complexity index is 1180. The van der Waals surface area contributed by atoms with Crippen molar-refractivity contribution in [3.8, 4) is 33.9 Å². The second-order valence-corrected chi connectivity index (χ2v) is 7.28. The molecule has 0 unspecified atom stereocenters. The lowest BCUT2D eigenvalue weighted by atomic mass is 10.0. The molecule has 6 heteroatoms. The molecule has 0 aliphatic carbocycles. The number of halogens is 1. The molecular weight excluding hydrogens is 410 g/mol. The van der Waals surface area contributed by atoms with Gasteiger partial charge < -0.3 is 15.6 Å². The van der Waals surface area contributed by atoms with Crippen molar-refractivity contribution in [2.45, 2.75) is 33.7 Å². The average molecular weight is 438 g/mol. The first kappa shape index (κ1) is 22.7. The van der Waals surface area contributed by atoms with Crippen molar-refractivity contribution in [1.29, 1.82) is 0 Å². The van der Waals surface area contributed by atoms with Crippen LogP contribution in [-0.4, -0.2) is 21.6 Å². The summed E-state index contributed by atoms with van der Waals surface area (Å²) in [6.07, 6.45) is 4.77. The number of nitrogens with zero attached hydrogens (tertiary/aromatic N) is 2. The molecule has 0 atom stereocenters. The molecule has 0 radical (unpaired) electrons. The largest absolute Gasteiger partial charge is 0.508 e. The summed E-state index contributed by atoms with van der Waals surface area (Å²) >= 11 is 6.41. The van der Waals surface area contributed by atoms with Crippen LogP contribution in [0.2, 0.25) is 5.02 Å². The first-order chi connectivity index (χ1) is 15.0. The number of aromatic hydroxyl groups is 1. The summed E-state index contributed by atoms with van der Waals surface area (Å²) in [5, 5.41) is 10.2. The summed E-state index contributed by atoms with van der Waals surface area (Å²) in [6, 6.07) is 13.1. The number of aromatic nitrogens is 2. The van der Waals surface area contributed by atoms with Gasteiger partial charge in [-0.15, -0.1) is 0 Å². The molecule has 0 saturated heterocycles. The Morgan fingerprint density at radius 3 is 2.52 bits per heavy atom. The van der Waals surface area contributed by atoms with E-state index in [9.17, 15) is 5.11 Å². The maximum atomic E-state index is 9.70. The van der Waals surface area contributed by atoms with Gasteiger partial charge in [-0.2, -0.15) is 0 Å². The number of rotatable bonds is 5. The fraction of sp³-hybridized carbons (Fsp3) is 0.240. The molecule has 0 amide bonds. The summed E-state index contributed by atoms with van der Waals surface area (Å²) in [7, 11) is 1.67. The van der Waals surface area contributed by atoms with E-state index < -0.39 is 0 Å². The van der Waals surface area contributed by atoms with Gasteiger partial charge in [-0.05, 0) is 60.0 Å². The number of pyridine rings is 1. The lowest BCUT2D eigenvalue weighted by Gasteiger charge is -2.13. The van der Waals surface area contributed by atoms with Gasteiger partial charge in [0.15, 0.2) is 0 Å². The fourth-order valence-corrected chi connectivity index (χ4v) is 3.82. The molecule has 0 aliphatic rings. The van der Waals surface area contributed by atoms with Gasteiger partial charge in [0.05, 0.1) is 24.0 Å². The Morgan fingerprint density at radius 2 is 1.87 bits per heavy atom. The summed E-state index contributed by atoms with van der Waals surface area (Å²) < 4.78 is 7.51. The predicted octanol–water partition coefficient (Wildman–Crippen LogP) is 6.08. The topological polar surface area (TPSA) is 72.8 Å². The van der Waals surface area contributed by atoms with Gasteiger partial charge in [0, 0.05) is 29.4 Å². The van der Waals surface area contributed by atoms with Crippen molar-refractivity contribution in [2.24, 2.45) is 5.73 Å². The Balaban J connectivity index is 0.00000132. The van der Waals surface area contributed by atoms with Crippen LogP contribution >= 0.6 is 11.6 Å². The van der Waals surface area contributed by atoms with Crippen LogP contribution in [0.5, 0.6) is 11.5 Å². The van der Waals surface area contributed by atoms with E-state index in [-0.39, 0.29) is 5.75 Å². The highest BCUT2D eigenvalue weighted by molar-refractivity contribution is 6.33. The first-order valence-corrected chi connectivity index (χ1v) is 10.8. The van der Waals surface area contributed by atoms with Gasteiger partial charge in [-0.25, -0.2) is 4.98 Å². The molecule has 5 nitrogen and oxygen atoms in total. The highest BCUT2D eigenvalue weighted by Crippen LogP contribution is 2.35. The third-order valence-corrected chi connectivity index (χ3v) is 5.41. The second-order valence-electron chi connectivity index (χ2n) is 6.88. The number of fused-ring (bicyclic) bond motifs is 1. The summed E-state index contributed by atoms with van der Waals surface area (Å²) in [4.78, 5) is 4.58. The van der Waals surface area contributed by atoms with E-state index in [4.69, 9.17) is 22.1 Å². The number of imidazole rings is 1. The minimum Gasteiger partial charge on any atom is -0.508 e. The van der Waals surface area contributed by atoms with E-state index in [0.29, 0.717) is 11.6 Å². The third kappa shape index (κ3) is 4.53. The van der Waals surface area contributed by atoms with Crippen molar-refractivity contribution < 1.29 is 9.84 Å². The predicted molar refractivity (Wildman–Crippen MR) is 128 cm³/mol. The molecule has 31 heavy (non-hydrogen) atoms. The number of phenolic OH excluding ortho intramolecular Hbond substituents is 1. The van der Waals surface area contributed by atoms with E-state index >= 15 is 0 Å². The zero-order valence-electron chi connectivity index (χ0n) is 18.3. The number of methoxy groups -OCH3 is 1. The first-order valence-electron chi connectivity index (χ1n) is 10.4. The monoisotopic (exact) mass is 437 g/mol. The van der Waals surface area contributed by atoms with Crippen molar-refractivity contribution in [3.63, 3.8) is 0 Å². The van der Waals surface area contributed by atoms with Gasteiger partial charge in [0.25, 0.3) is 0 Å². The minimum absolute atomic E-state index is 0.126. The molecular formula is C25H28ClN3O2. The molecule has 2 aromatic carbocycles. The lowest BCUT2D eigenvalue weighted by Crippen LogP contribution is -2.02. The average Bonchev–Trinajstić information content (AvgIpc) is 3.22. The molecule has 0 bridgehead atoms. The van der Waals surface area contributed by atoms with Crippen LogP contribution in [0.1, 0.15) is 31.9 Å². The van der Waals surface area contributed by atoms with E-state index in [1.165, 1.54) is 11.6 Å². The Morgan fingerprint density at radius 1 is 1.10 bits per heavy atom. The molecule has 3 N–H and O–H groups in total. The zero-order chi connectivity index (χ0) is 22.5. The fourth-order valence-electron chi connectivity index (χ4n) is 3.54. The van der Waals surface area contributed by atoms with E-state index in [0.717, 1.165) is 45.8 Å². The van der Waals surface area contributed by atoms with Crippen LogP contribution in [0.3, 0.4) is 0 Å². The second kappa shape index (κ2) is 9.86. The number of hydrogen-bond acceptors (Lipinski definition) is 4. The smallest absolute Gasteiger partial charge is 0.137 e. The quantitative estimate of drug-likeness (QED) is 0.396. The Kier molecular flexibility index (Phi) is 7.21. The van der Waals surface area contributed by atoms with Gasteiger partial charge in [0.2, 0.25) is 0 Å². The highest BCUT2D eigenvalue weighted by atomic mass is 35.5.